The number of aryl methyl sites for hydroxylation is 1. The summed E-state index contributed by atoms with van der Waals surface area (Å²) < 4.78 is 16.8. The number of rotatable bonds is 6. The maximum atomic E-state index is 5.89. The second-order valence-corrected chi connectivity index (χ2v) is 4.84. The Labute approximate surface area is 125 Å². The summed E-state index contributed by atoms with van der Waals surface area (Å²) in [5.41, 5.74) is 7.60. The summed E-state index contributed by atoms with van der Waals surface area (Å²) in [7, 11) is 1.62. The Kier molecular flexibility index (Phi) is 4.93. The fourth-order valence-corrected chi connectivity index (χ4v) is 1.94. The minimum absolute atomic E-state index is 0.602. The van der Waals surface area contributed by atoms with E-state index < -0.39 is 0 Å². The van der Waals surface area contributed by atoms with Gasteiger partial charge in [-0.1, -0.05) is 13.0 Å². The molecule has 0 aliphatic carbocycles. The van der Waals surface area contributed by atoms with Gasteiger partial charge in [-0.15, -0.1) is 0 Å². The van der Waals surface area contributed by atoms with E-state index >= 15 is 0 Å². The molecule has 0 aromatic heterocycles. The van der Waals surface area contributed by atoms with Gasteiger partial charge in [0.15, 0.2) is 11.5 Å². The zero-order chi connectivity index (χ0) is 15.2. The lowest BCUT2D eigenvalue weighted by atomic mass is 10.2. The van der Waals surface area contributed by atoms with Crippen molar-refractivity contribution in [3.8, 4) is 23.0 Å². The second-order valence-electron chi connectivity index (χ2n) is 4.84. The summed E-state index contributed by atoms with van der Waals surface area (Å²) in [6.45, 7) is 4.71. The molecule has 0 bridgehead atoms. The van der Waals surface area contributed by atoms with E-state index in [1.165, 1.54) is 0 Å². The van der Waals surface area contributed by atoms with Gasteiger partial charge in [0, 0.05) is 23.9 Å². The Hall–Kier alpha value is -2.36. The first-order valence-corrected chi connectivity index (χ1v) is 6.98. The monoisotopic (exact) mass is 287 g/mol. The van der Waals surface area contributed by atoms with Crippen LogP contribution in [0.15, 0.2) is 36.4 Å². The predicted octanol–water partition coefficient (Wildman–Crippen LogP) is 4.17. The van der Waals surface area contributed by atoms with Gasteiger partial charge in [-0.25, -0.2) is 0 Å². The first kappa shape index (κ1) is 15.0. The van der Waals surface area contributed by atoms with E-state index in [1.807, 2.05) is 31.2 Å². The zero-order valence-electron chi connectivity index (χ0n) is 12.7. The highest BCUT2D eigenvalue weighted by Crippen LogP contribution is 2.34. The molecule has 0 fully saturated rings. The molecule has 2 N–H and O–H groups in total. The third-order valence-corrected chi connectivity index (χ3v) is 2.92. The van der Waals surface area contributed by atoms with Gasteiger partial charge in [0.1, 0.15) is 11.5 Å². The number of hydrogen-bond acceptors (Lipinski definition) is 4. The van der Waals surface area contributed by atoms with Crippen molar-refractivity contribution in [2.45, 2.75) is 20.3 Å². The summed E-state index contributed by atoms with van der Waals surface area (Å²) >= 11 is 0. The van der Waals surface area contributed by atoms with Crippen LogP contribution >= 0.6 is 0 Å². The molecular weight excluding hydrogens is 266 g/mol. The lowest BCUT2D eigenvalue weighted by Gasteiger charge is -2.13. The lowest BCUT2D eigenvalue weighted by Crippen LogP contribution is -1.97. The van der Waals surface area contributed by atoms with Gasteiger partial charge >= 0.3 is 0 Å². The van der Waals surface area contributed by atoms with Crippen molar-refractivity contribution in [1.29, 1.82) is 0 Å². The Morgan fingerprint density at radius 2 is 1.76 bits per heavy atom. The molecule has 0 aliphatic heterocycles. The van der Waals surface area contributed by atoms with Gasteiger partial charge in [0.25, 0.3) is 0 Å². The van der Waals surface area contributed by atoms with Gasteiger partial charge in [-0.05, 0) is 31.0 Å². The molecule has 2 aromatic carbocycles. The number of hydrogen-bond donors (Lipinski definition) is 1. The number of methoxy groups -OCH3 is 1. The number of anilines is 1. The van der Waals surface area contributed by atoms with E-state index in [0.717, 1.165) is 12.0 Å². The van der Waals surface area contributed by atoms with E-state index in [4.69, 9.17) is 19.9 Å². The highest BCUT2D eigenvalue weighted by molar-refractivity contribution is 5.53. The normalized spacial score (nSPS) is 10.2. The highest BCUT2D eigenvalue weighted by atomic mass is 16.5. The van der Waals surface area contributed by atoms with Crippen LogP contribution in [0.2, 0.25) is 0 Å². The largest absolute Gasteiger partial charge is 0.493 e. The summed E-state index contributed by atoms with van der Waals surface area (Å²) in [5, 5.41) is 0. The van der Waals surface area contributed by atoms with Crippen LogP contribution in [0.25, 0.3) is 0 Å². The average Bonchev–Trinajstić information content (AvgIpc) is 2.46. The maximum Gasteiger partial charge on any atom is 0.169 e. The molecule has 112 valence electrons. The predicted molar refractivity (Wildman–Crippen MR) is 84.4 cm³/mol. The minimum atomic E-state index is 0.602. The quantitative estimate of drug-likeness (QED) is 0.810. The molecule has 2 rings (SSSR count). The van der Waals surface area contributed by atoms with Crippen molar-refractivity contribution in [2.75, 3.05) is 19.5 Å². The van der Waals surface area contributed by atoms with Crippen LogP contribution in [-0.4, -0.2) is 13.7 Å². The molecular formula is C17H21NO3. The molecule has 4 heteroatoms. The molecule has 0 amide bonds. The van der Waals surface area contributed by atoms with Crippen molar-refractivity contribution < 1.29 is 14.2 Å². The van der Waals surface area contributed by atoms with Gasteiger partial charge in [0.05, 0.1) is 13.7 Å². The van der Waals surface area contributed by atoms with Crippen LogP contribution in [0.3, 0.4) is 0 Å². The Bertz CT molecular complexity index is 611. The molecule has 0 heterocycles. The van der Waals surface area contributed by atoms with Crippen LogP contribution in [0, 0.1) is 6.92 Å². The minimum Gasteiger partial charge on any atom is -0.493 e. The van der Waals surface area contributed by atoms with E-state index in [0.29, 0.717) is 35.3 Å². The first-order valence-electron chi connectivity index (χ1n) is 6.98. The highest BCUT2D eigenvalue weighted by Gasteiger charge is 2.08. The molecule has 0 spiro atoms. The molecule has 0 unspecified atom stereocenters. The molecule has 0 atom stereocenters. The summed E-state index contributed by atoms with van der Waals surface area (Å²) in [4.78, 5) is 0. The van der Waals surface area contributed by atoms with Gasteiger partial charge < -0.3 is 19.9 Å². The molecule has 0 radical (unpaired) electrons. The Balaban J connectivity index is 2.24. The molecule has 0 aliphatic rings. The van der Waals surface area contributed by atoms with Crippen molar-refractivity contribution in [3.63, 3.8) is 0 Å². The summed E-state index contributed by atoms with van der Waals surface area (Å²) in [6.07, 6.45) is 0.941. The van der Waals surface area contributed by atoms with Crippen molar-refractivity contribution >= 4 is 5.69 Å². The van der Waals surface area contributed by atoms with Crippen LogP contribution < -0.4 is 19.9 Å². The SMILES string of the molecule is CCCOc1cc(N)cc(Oc2ccc(C)cc2OC)c1. The first-order chi connectivity index (χ1) is 10.1. The van der Waals surface area contributed by atoms with Gasteiger partial charge in [-0.2, -0.15) is 0 Å². The average molecular weight is 287 g/mol. The maximum absolute atomic E-state index is 5.89. The number of benzene rings is 2. The van der Waals surface area contributed by atoms with Gasteiger partial charge in [0.2, 0.25) is 0 Å². The van der Waals surface area contributed by atoms with Crippen LogP contribution in [0.5, 0.6) is 23.0 Å². The molecule has 4 nitrogen and oxygen atoms in total. The zero-order valence-corrected chi connectivity index (χ0v) is 12.7. The standard InChI is InChI=1S/C17H21NO3/c1-4-7-20-14-9-13(18)10-15(11-14)21-16-6-5-12(2)8-17(16)19-3/h5-6,8-11H,4,7,18H2,1-3H3. The fraction of sp³-hybridized carbons (Fsp3) is 0.294. The Morgan fingerprint density at radius 3 is 2.48 bits per heavy atom. The van der Waals surface area contributed by atoms with E-state index in [1.54, 1.807) is 19.2 Å². The van der Waals surface area contributed by atoms with Crippen LogP contribution in [-0.2, 0) is 0 Å². The van der Waals surface area contributed by atoms with Crippen molar-refractivity contribution in [3.05, 3.63) is 42.0 Å². The topological polar surface area (TPSA) is 53.7 Å². The second kappa shape index (κ2) is 6.88. The van der Waals surface area contributed by atoms with E-state index in [9.17, 15) is 0 Å². The number of ether oxygens (including phenoxy) is 3. The van der Waals surface area contributed by atoms with Crippen molar-refractivity contribution in [1.82, 2.24) is 0 Å². The van der Waals surface area contributed by atoms with Crippen molar-refractivity contribution in [2.24, 2.45) is 0 Å². The van der Waals surface area contributed by atoms with Crippen LogP contribution in [0.4, 0.5) is 5.69 Å². The number of nitrogens with two attached hydrogens (primary N) is 1. The Morgan fingerprint density at radius 1 is 1.00 bits per heavy atom. The fourth-order valence-electron chi connectivity index (χ4n) is 1.94. The molecule has 2 aromatic rings. The summed E-state index contributed by atoms with van der Waals surface area (Å²) in [5.74, 6) is 2.67. The molecule has 21 heavy (non-hydrogen) atoms. The molecule has 0 saturated carbocycles. The summed E-state index contributed by atoms with van der Waals surface area (Å²) in [6, 6.07) is 11.1. The number of nitrogen functional groups attached to an aromatic ring is 1. The van der Waals surface area contributed by atoms with E-state index in [-0.39, 0.29) is 0 Å². The van der Waals surface area contributed by atoms with Crippen LogP contribution in [0.1, 0.15) is 18.9 Å². The lowest BCUT2D eigenvalue weighted by molar-refractivity contribution is 0.315. The third-order valence-electron chi connectivity index (χ3n) is 2.92. The van der Waals surface area contributed by atoms with Gasteiger partial charge in [-0.3, -0.25) is 0 Å². The smallest absolute Gasteiger partial charge is 0.169 e. The third kappa shape index (κ3) is 4.05. The van der Waals surface area contributed by atoms with E-state index in [2.05, 4.69) is 6.92 Å². The molecule has 0 saturated heterocycles.